The van der Waals surface area contributed by atoms with Gasteiger partial charge < -0.3 is 19.9 Å². The Bertz CT molecular complexity index is 829. The van der Waals surface area contributed by atoms with E-state index in [0.717, 1.165) is 5.56 Å². The second kappa shape index (κ2) is 7.40. The van der Waals surface area contributed by atoms with Gasteiger partial charge in [-0.2, -0.15) is 14.6 Å². The number of rotatable bonds is 5. The van der Waals surface area contributed by atoms with E-state index in [4.69, 9.17) is 9.47 Å². The summed E-state index contributed by atoms with van der Waals surface area (Å²) in [7, 11) is 1.77. The highest BCUT2D eigenvalue weighted by Crippen LogP contribution is 2.40. The van der Waals surface area contributed by atoms with Crippen molar-refractivity contribution in [3.05, 3.63) is 17.6 Å². The van der Waals surface area contributed by atoms with Gasteiger partial charge in [0.2, 0.25) is 5.95 Å². The molecule has 9 nitrogen and oxygen atoms in total. The molecule has 1 saturated heterocycles. The Labute approximate surface area is 158 Å². The number of nitrogens with zero attached hydrogens (tertiary/aromatic N) is 4. The number of carbonyl (C=O) groups is 1. The van der Waals surface area contributed by atoms with Gasteiger partial charge in [0.05, 0.1) is 31.4 Å². The van der Waals surface area contributed by atoms with E-state index in [1.807, 2.05) is 27.7 Å². The highest BCUT2D eigenvalue weighted by molar-refractivity contribution is 5.70. The normalized spacial score (nSPS) is 23.0. The Morgan fingerprint density at radius 1 is 1.44 bits per heavy atom. The summed E-state index contributed by atoms with van der Waals surface area (Å²) in [5, 5.41) is 17.1. The molecule has 2 aromatic heterocycles. The molecule has 3 rings (SSSR count). The topological polar surface area (TPSA) is 111 Å². The molecular weight excluding hydrogens is 350 g/mol. The van der Waals surface area contributed by atoms with Crippen LogP contribution in [0.4, 0.5) is 5.95 Å². The second-order valence-electron chi connectivity index (χ2n) is 7.81. The first kappa shape index (κ1) is 19.5. The van der Waals surface area contributed by atoms with Crippen molar-refractivity contribution < 1.29 is 19.4 Å². The summed E-state index contributed by atoms with van der Waals surface area (Å²) in [6, 6.07) is 0. The van der Waals surface area contributed by atoms with Crippen molar-refractivity contribution in [2.24, 2.45) is 5.92 Å². The molecule has 1 aliphatic heterocycles. The molecule has 0 aromatic carbocycles. The smallest absolute Gasteiger partial charge is 0.306 e. The molecule has 3 atom stereocenters. The number of aliphatic hydroxyl groups is 1. The van der Waals surface area contributed by atoms with Gasteiger partial charge in [-0.05, 0) is 34.1 Å². The van der Waals surface area contributed by atoms with Gasteiger partial charge in [0.1, 0.15) is 11.4 Å². The average Bonchev–Trinajstić information content (AvgIpc) is 3.15. The van der Waals surface area contributed by atoms with E-state index in [9.17, 15) is 9.90 Å². The summed E-state index contributed by atoms with van der Waals surface area (Å²) in [6.07, 6.45) is 1.77. The number of ether oxygens (including phenoxy) is 2. The summed E-state index contributed by atoms with van der Waals surface area (Å²) < 4.78 is 13.1. The van der Waals surface area contributed by atoms with Gasteiger partial charge >= 0.3 is 5.97 Å². The van der Waals surface area contributed by atoms with Crippen molar-refractivity contribution in [3.63, 3.8) is 0 Å². The zero-order valence-electron chi connectivity index (χ0n) is 16.4. The van der Waals surface area contributed by atoms with E-state index in [1.165, 1.54) is 0 Å². The fraction of sp³-hybridized carbons (Fsp3) is 0.667. The van der Waals surface area contributed by atoms with Gasteiger partial charge in [-0.25, -0.2) is 4.98 Å². The Morgan fingerprint density at radius 2 is 2.19 bits per heavy atom. The predicted molar refractivity (Wildman–Crippen MR) is 98.3 cm³/mol. The third kappa shape index (κ3) is 4.19. The predicted octanol–water partition coefficient (Wildman–Crippen LogP) is 1.64. The molecule has 3 heterocycles. The Kier molecular flexibility index (Phi) is 5.34. The molecule has 148 valence electrons. The molecule has 0 bridgehead atoms. The van der Waals surface area contributed by atoms with Crippen molar-refractivity contribution in [2.75, 3.05) is 19.0 Å². The molecule has 0 amide bonds. The van der Waals surface area contributed by atoms with E-state index in [-0.39, 0.29) is 31.0 Å². The number of nitrogens with one attached hydrogen (secondary N) is 1. The van der Waals surface area contributed by atoms with E-state index < -0.39 is 11.7 Å². The zero-order valence-corrected chi connectivity index (χ0v) is 16.4. The minimum Gasteiger partial charge on any atom is -0.460 e. The third-order valence-electron chi connectivity index (χ3n) is 4.49. The van der Waals surface area contributed by atoms with Crippen LogP contribution >= 0.6 is 0 Å². The molecule has 0 saturated carbocycles. The highest BCUT2D eigenvalue weighted by Gasteiger charge is 2.39. The van der Waals surface area contributed by atoms with Crippen LogP contribution in [0.2, 0.25) is 0 Å². The van der Waals surface area contributed by atoms with Gasteiger partial charge in [0.25, 0.3) is 0 Å². The van der Waals surface area contributed by atoms with Crippen molar-refractivity contribution >= 4 is 17.6 Å². The van der Waals surface area contributed by atoms with Crippen molar-refractivity contribution in [1.29, 1.82) is 0 Å². The lowest BCUT2D eigenvalue weighted by Gasteiger charge is -2.21. The Morgan fingerprint density at radius 3 is 2.81 bits per heavy atom. The molecule has 2 N–H and O–H groups in total. The second-order valence-corrected chi connectivity index (χ2v) is 7.81. The highest BCUT2D eigenvalue weighted by atomic mass is 16.6. The molecule has 1 fully saturated rings. The number of hydrogen-bond donors (Lipinski definition) is 2. The Balaban J connectivity index is 1.82. The van der Waals surface area contributed by atoms with Crippen LogP contribution in [0.5, 0.6) is 0 Å². The number of carbonyl (C=O) groups excluding carboxylic acids is 1. The molecule has 1 aliphatic rings. The van der Waals surface area contributed by atoms with Crippen molar-refractivity contribution in [1.82, 2.24) is 19.6 Å². The fourth-order valence-corrected chi connectivity index (χ4v) is 3.40. The summed E-state index contributed by atoms with van der Waals surface area (Å²) in [4.78, 5) is 21.0. The number of esters is 1. The van der Waals surface area contributed by atoms with Gasteiger partial charge in [0, 0.05) is 18.5 Å². The van der Waals surface area contributed by atoms with Crippen LogP contribution < -0.4 is 5.32 Å². The fourth-order valence-electron chi connectivity index (χ4n) is 3.40. The van der Waals surface area contributed by atoms with Crippen LogP contribution in [-0.4, -0.2) is 56.0 Å². The maximum atomic E-state index is 12.2. The summed E-state index contributed by atoms with van der Waals surface area (Å²) in [5.74, 6) is 0.795. The third-order valence-corrected chi connectivity index (χ3v) is 4.49. The maximum Gasteiger partial charge on any atom is 0.306 e. The number of fused-ring (bicyclic) bond motifs is 1. The first-order valence-electron chi connectivity index (χ1n) is 9.10. The number of aromatic nitrogens is 4. The van der Waals surface area contributed by atoms with Gasteiger partial charge in [0.15, 0.2) is 5.65 Å². The molecular formula is C18H27N5O4. The number of aryl methyl sites for hydroxylation is 1. The molecule has 2 aromatic rings. The zero-order chi connectivity index (χ0) is 19.8. The largest absolute Gasteiger partial charge is 0.460 e. The van der Waals surface area contributed by atoms with E-state index in [1.54, 1.807) is 17.8 Å². The minimum atomic E-state index is -0.537. The molecule has 0 unspecified atom stereocenters. The van der Waals surface area contributed by atoms with E-state index in [2.05, 4.69) is 20.4 Å². The molecule has 9 heteroatoms. The molecule has 0 aliphatic carbocycles. The minimum absolute atomic E-state index is 0.128. The summed E-state index contributed by atoms with van der Waals surface area (Å²) >= 11 is 0. The quantitative estimate of drug-likeness (QED) is 0.757. The average molecular weight is 377 g/mol. The van der Waals surface area contributed by atoms with E-state index >= 15 is 0 Å². The Hall–Kier alpha value is -2.26. The van der Waals surface area contributed by atoms with Gasteiger partial charge in [-0.3, -0.25) is 4.79 Å². The number of hydrogen-bond acceptors (Lipinski definition) is 8. The SMILES string of the molecule is CNc1nc(C)nc2c([C@H]3C[C@H](CC(=O)OC(C)(C)C)[C@@H](CO)O3)cnn12. The van der Waals surface area contributed by atoms with Crippen LogP contribution in [0.25, 0.3) is 5.65 Å². The summed E-state index contributed by atoms with van der Waals surface area (Å²) in [5.41, 5.74) is 0.944. The van der Waals surface area contributed by atoms with Crippen molar-refractivity contribution in [2.45, 2.75) is 58.3 Å². The van der Waals surface area contributed by atoms with E-state index in [0.29, 0.717) is 23.8 Å². The molecule has 27 heavy (non-hydrogen) atoms. The first-order valence-corrected chi connectivity index (χ1v) is 9.10. The van der Waals surface area contributed by atoms with Crippen molar-refractivity contribution in [3.8, 4) is 0 Å². The van der Waals surface area contributed by atoms with Gasteiger partial charge in [-0.15, -0.1) is 0 Å². The lowest BCUT2D eigenvalue weighted by Crippen LogP contribution is -2.28. The molecule has 0 spiro atoms. The number of anilines is 1. The van der Waals surface area contributed by atoms with Crippen LogP contribution in [0.15, 0.2) is 6.20 Å². The molecule has 0 radical (unpaired) electrons. The lowest BCUT2D eigenvalue weighted by molar-refractivity contribution is -0.156. The van der Waals surface area contributed by atoms with Crippen LogP contribution in [0, 0.1) is 12.8 Å². The van der Waals surface area contributed by atoms with Crippen LogP contribution in [-0.2, 0) is 14.3 Å². The maximum absolute atomic E-state index is 12.2. The van der Waals surface area contributed by atoms with Gasteiger partial charge in [-0.1, -0.05) is 0 Å². The first-order chi connectivity index (χ1) is 12.7. The summed E-state index contributed by atoms with van der Waals surface area (Å²) in [6.45, 7) is 7.17. The number of aliphatic hydroxyl groups excluding tert-OH is 1. The van der Waals surface area contributed by atoms with Crippen LogP contribution in [0.1, 0.15) is 51.1 Å². The van der Waals surface area contributed by atoms with Crippen LogP contribution in [0.3, 0.4) is 0 Å². The monoisotopic (exact) mass is 377 g/mol. The standard InChI is InChI=1S/C18H27N5O4/c1-10-21-16-12(8-20-23(16)17(19-5)22-10)13-6-11(14(9-24)26-13)7-15(25)27-18(2,3)4/h8,11,13-14,24H,6-7,9H2,1-5H3,(H,19,21,22)/t11-,13-,14-/m1/s1. The lowest BCUT2D eigenvalue weighted by atomic mass is 9.94.